The van der Waals surface area contributed by atoms with Crippen molar-refractivity contribution in [2.45, 2.75) is 19.9 Å². The average Bonchev–Trinajstić information content (AvgIpc) is 3.24. The Labute approximate surface area is 136 Å². The third-order valence-corrected chi connectivity index (χ3v) is 3.45. The fourth-order valence-electron chi connectivity index (χ4n) is 2.16. The van der Waals surface area contributed by atoms with Crippen LogP contribution in [0.2, 0.25) is 0 Å². The second-order valence-electron chi connectivity index (χ2n) is 5.57. The number of carbonyl (C=O) groups excluding carboxylic acids is 1. The topological polar surface area (TPSA) is 114 Å². The zero-order valence-corrected chi connectivity index (χ0v) is 13.1. The molecule has 8 heteroatoms. The number of aromatic amines is 1. The van der Waals surface area contributed by atoms with Crippen molar-refractivity contribution in [1.82, 2.24) is 20.4 Å². The van der Waals surface area contributed by atoms with Crippen LogP contribution in [-0.4, -0.2) is 21.0 Å². The van der Waals surface area contributed by atoms with E-state index in [0.29, 0.717) is 11.4 Å². The first-order valence-corrected chi connectivity index (χ1v) is 7.41. The highest BCUT2D eigenvalue weighted by Gasteiger charge is 2.26. The van der Waals surface area contributed by atoms with Crippen LogP contribution < -0.4 is 10.9 Å². The molecule has 3 aromatic rings. The van der Waals surface area contributed by atoms with Crippen LogP contribution in [0.5, 0.6) is 0 Å². The van der Waals surface area contributed by atoms with Crippen LogP contribution in [0.25, 0.3) is 11.4 Å². The fourth-order valence-corrected chi connectivity index (χ4v) is 2.16. The highest BCUT2D eigenvalue weighted by molar-refractivity contribution is 5.91. The number of nitrogens with one attached hydrogen (secondary N) is 2. The van der Waals surface area contributed by atoms with E-state index in [9.17, 15) is 9.59 Å². The van der Waals surface area contributed by atoms with Gasteiger partial charge >= 0.3 is 0 Å². The number of H-pyrrole nitrogens is 1. The van der Waals surface area contributed by atoms with Crippen LogP contribution in [0.3, 0.4) is 0 Å². The van der Waals surface area contributed by atoms with E-state index in [-0.39, 0.29) is 29.0 Å². The number of hydrogen-bond acceptors (Lipinski definition) is 6. The van der Waals surface area contributed by atoms with Gasteiger partial charge in [-0.1, -0.05) is 19.0 Å². The largest absolute Gasteiger partial charge is 0.459 e. The molecule has 8 nitrogen and oxygen atoms in total. The second-order valence-corrected chi connectivity index (χ2v) is 5.57. The predicted octanol–water partition coefficient (Wildman–Crippen LogP) is 2.14. The first kappa shape index (κ1) is 15.7. The lowest BCUT2D eigenvalue weighted by molar-refractivity contribution is 0.0885. The molecule has 0 saturated carbocycles. The lowest BCUT2D eigenvalue weighted by Gasteiger charge is -2.17. The minimum absolute atomic E-state index is 0.0211. The number of carbonyl (C=O) groups is 1. The van der Waals surface area contributed by atoms with E-state index < -0.39 is 6.04 Å². The number of aromatic nitrogens is 3. The van der Waals surface area contributed by atoms with Gasteiger partial charge in [-0.25, -0.2) is 0 Å². The number of hydrogen-bond donors (Lipinski definition) is 2. The second kappa shape index (κ2) is 6.53. The number of nitrogens with zero attached hydrogens (tertiary/aromatic N) is 2. The van der Waals surface area contributed by atoms with E-state index in [1.165, 1.54) is 18.5 Å². The third kappa shape index (κ3) is 3.27. The molecule has 1 amide bonds. The quantitative estimate of drug-likeness (QED) is 0.741. The molecule has 24 heavy (non-hydrogen) atoms. The Morgan fingerprint density at radius 1 is 1.29 bits per heavy atom. The van der Waals surface area contributed by atoms with E-state index in [4.69, 9.17) is 8.94 Å². The summed E-state index contributed by atoms with van der Waals surface area (Å²) in [7, 11) is 0. The first-order valence-electron chi connectivity index (χ1n) is 7.41. The molecule has 0 aliphatic carbocycles. The van der Waals surface area contributed by atoms with E-state index in [2.05, 4.69) is 20.4 Å². The highest BCUT2D eigenvalue weighted by atomic mass is 16.5. The van der Waals surface area contributed by atoms with E-state index in [1.807, 2.05) is 13.8 Å². The molecule has 0 radical (unpaired) electrons. The lowest BCUT2D eigenvalue weighted by Crippen LogP contribution is -2.31. The number of amides is 1. The van der Waals surface area contributed by atoms with Crippen LogP contribution in [-0.2, 0) is 0 Å². The van der Waals surface area contributed by atoms with Gasteiger partial charge in [0.05, 0.1) is 6.26 Å². The summed E-state index contributed by atoms with van der Waals surface area (Å²) in [5.74, 6) is 0.488. The van der Waals surface area contributed by atoms with Crippen LogP contribution >= 0.6 is 0 Å². The Kier molecular flexibility index (Phi) is 4.28. The monoisotopic (exact) mass is 328 g/mol. The third-order valence-electron chi connectivity index (χ3n) is 3.45. The van der Waals surface area contributed by atoms with Crippen molar-refractivity contribution in [1.29, 1.82) is 0 Å². The van der Waals surface area contributed by atoms with Gasteiger partial charge in [0.15, 0.2) is 5.76 Å². The number of furan rings is 1. The van der Waals surface area contributed by atoms with Crippen molar-refractivity contribution in [3.63, 3.8) is 0 Å². The minimum Gasteiger partial charge on any atom is -0.459 e. The maximum Gasteiger partial charge on any atom is 0.287 e. The smallest absolute Gasteiger partial charge is 0.287 e. The molecule has 0 fully saturated rings. The van der Waals surface area contributed by atoms with Crippen LogP contribution in [0.4, 0.5) is 0 Å². The molecule has 1 atom stereocenters. The predicted molar refractivity (Wildman–Crippen MR) is 84.1 cm³/mol. The standard InChI is InChI=1S/C16H16N4O4/c1-9(2)13(18-15(22)11-4-3-7-23-11)16-19-14(20-24-16)10-5-6-12(21)17-8-10/h3-9,13H,1-2H3,(H,17,21)(H,18,22)/t13-/m1/s1. The number of rotatable bonds is 5. The Morgan fingerprint density at radius 3 is 2.75 bits per heavy atom. The van der Waals surface area contributed by atoms with Crippen LogP contribution in [0, 0.1) is 5.92 Å². The first-order chi connectivity index (χ1) is 11.5. The van der Waals surface area contributed by atoms with E-state index in [0.717, 1.165) is 0 Å². The molecular weight excluding hydrogens is 312 g/mol. The van der Waals surface area contributed by atoms with Crippen molar-refractivity contribution in [2.75, 3.05) is 0 Å². The molecule has 0 spiro atoms. The zero-order valence-electron chi connectivity index (χ0n) is 13.1. The van der Waals surface area contributed by atoms with Gasteiger partial charge in [-0.2, -0.15) is 4.98 Å². The summed E-state index contributed by atoms with van der Waals surface area (Å²) < 4.78 is 10.4. The van der Waals surface area contributed by atoms with Gasteiger partial charge in [0.1, 0.15) is 6.04 Å². The van der Waals surface area contributed by atoms with Crippen LogP contribution in [0.1, 0.15) is 36.3 Å². The van der Waals surface area contributed by atoms with Gasteiger partial charge in [-0.3, -0.25) is 9.59 Å². The zero-order chi connectivity index (χ0) is 17.1. The Morgan fingerprint density at radius 2 is 2.12 bits per heavy atom. The molecule has 0 aliphatic rings. The molecule has 3 rings (SSSR count). The normalized spacial score (nSPS) is 12.3. The fraction of sp³-hybridized carbons (Fsp3) is 0.250. The van der Waals surface area contributed by atoms with Crippen LogP contribution in [0.15, 0.2) is 50.5 Å². The molecule has 3 aromatic heterocycles. The molecule has 2 N–H and O–H groups in total. The van der Waals surface area contributed by atoms with Gasteiger partial charge in [0.2, 0.25) is 17.3 Å². The van der Waals surface area contributed by atoms with Crippen molar-refractivity contribution >= 4 is 5.91 Å². The van der Waals surface area contributed by atoms with Crippen molar-refractivity contribution in [3.05, 3.63) is 58.7 Å². The summed E-state index contributed by atoms with van der Waals surface area (Å²) in [6.45, 7) is 3.86. The van der Waals surface area contributed by atoms with Gasteiger partial charge < -0.3 is 19.2 Å². The summed E-state index contributed by atoms with van der Waals surface area (Å²) in [4.78, 5) is 30.2. The number of pyridine rings is 1. The molecular formula is C16H16N4O4. The van der Waals surface area contributed by atoms with Crippen molar-refractivity contribution in [3.8, 4) is 11.4 Å². The van der Waals surface area contributed by atoms with Gasteiger partial charge in [-0.15, -0.1) is 0 Å². The lowest BCUT2D eigenvalue weighted by atomic mass is 10.0. The summed E-state index contributed by atoms with van der Waals surface area (Å²) in [6, 6.07) is 5.72. The Bertz CT molecular complexity index is 859. The molecule has 0 aliphatic heterocycles. The van der Waals surface area contributed by atoms with Gasteiger partial charge in [0.25, 0.3) is 5.91 Å². The van der Waals surface area contributed by atoms with Gasteiger partial charge in [0, 0.05) is 17.8 Å². The average molecular weight is 328 g/mol. The summed E-state index contributed by atoms with van der Waals surface area (Å²) in [6.07, 6.45) is 2.93. The Balaban J connectivity index is 1.83. The van der Waals surface area contributed by atoms with E-state index in [1.54, 1.807) is 18.2 Å². The molecule has 0 aromatic carbocycles. The molecule has 3 heterocycles. The maximum atomic E-state index is 12.2. The van der Waals surface area contributed by atoms with Crippen molar-refractivity contribution in [2.24, 2.45) is 5.92 Å². The minimum atomic E-state index is -0.466. The Hall–Kier alpha value is -3.16. The molecule has 0 unspecified atom stereocenters. The molecule has 0 bridgehead atoms. The maximum absolute atomic E-state index is 12.2. The summed E-state index contributed by atoms with van der Waals surface area (Å²) >= 11 is 0. The van der Waals surface area contributed by atoms with Crippen molar-refractivity contribution < 1.29 is 13.7 Å². The SMILES string of the molecule is CC(C)[C@@H](NC(=O)c1ccco1)c1nc(-c2ccc(=O)[nH]c2)no1. The summed E-state index contributed by atoms with van der Waals surface area (Å²) in [5, 5.41) is 6.73. The van der Waals surface area contributed by atoms with Gasteiger partial charge in [-0.05, 0) is 24.1 Å². The van der Waals surface area contributed by atoms with E-state index >= 15 is 0 Å². The molecule has 0 saturated heterocycles. The molecule has 124 valence electrons. The summed E-state index contributed by atoms with van der Waals surface area (Å²) in [5.41, 5.74) is 0.401. The highest BCUT2D eigenvalue weighted by Crippen LogP contribution is 2.23.